The van der Waals surface area contributed by atoms with Crippen LogP contribution in [0.2, 0.25) is 0 Å². The third-order valence-electron chi connectivity index (χ3n) is 14.6. The molecule has 0 fully saturated rings. The molecule has 6 heterocycles. The van der Waals surface area contributed by atoms with Gasteiger partial charge in [0.25, 0.3) is 0 Å². The van der Waals surface area contributed by atoms with Crippen LogP contribution in [0.15, 0.2) is 239 Å². The van der Waals surface area contributed by atoms with Gasteiger partial charge in [0.2, 0.25) is 11.9 Å². The third kappa shape index (κ3) is 7.57. The fourth-order valence-electron chi connectivity index (χ4n) is 10.9. The number of para-hydroxylation sites is 2. The second kappa shape index (κ2) is 18.1. The van der Waals surface area contributed by atoms with E-state index in [4.69, 9.17) is 38.7 Å². The molecule has 0 unspecified atom stereocenters. The number of nitrogens with zero attached hydrogens (tertiary/aromatic N) is 8. The number of aryl methyl sites for hydroxylation is 2. The van der Waals surface area contributed by atoms with Gasteiger partial charge in [-0.05, 0) is 61.9 Å². The van der Waals surface area contributed by atoms with Crippen LogP contribution >= 0.6 is 0 Å². The Morgan fingerprint density at radius 1 is 0.256 bits per heavy atom. The highest BCUT2D eigenvalue weighted by Crippen LogP contribution is 2.41. The van der Waals surface area contributed by atoms with E-state index >= 15 is 0 Å². The van der Waals surface area contributed by atoms with Crippen molar-refractivity contribution in [3.63, 3.8) is 0 Å². The van der Waals surface area contributed by atoms with Crippen LogP contribution in [0.25, 0.3) is 145 Å². The highest BCUT2D eigenvalue weighted by atomic mass is 16.3. The molecule has 16 aromatic rings. The van der Waals surface area contributed by atoms with Crippen LogP contribution < -0.4 is 0 Å². The molecule has 0 saturated carbocycles. The highest BCUT2D eigenvalue weighted by Gasteiger charge is 2.22. The van der Waals surface area contributed by atoms with E-state index in [9.17, 15) is 0 Å². The minimum absolute atomic E-state index is 0.570. The first-order valence-corrected chi connectivity index (χ1v) is 25.9. The Kier molecular flexibility index (Phi) is 10.4. The topological polar surface area (TPSA) is 113 Å². The monoisotopic (exact) mass is 1000 g/mol. The maximum atomic E-state index is 6.35. The molecule has 0 aliphatic carbocycles. The summed E-state index contributed by atoms with van der Waals surface area (Å²) in [5.74, 6) is 3.66. The Hall–Kier alpha value is -10.6. The second-order valence-corrected chi connectivity index (χ2v) is 19.7. The number of hydrogen-bond acceptors (Lipinski definition) is 8. The first-order chi connectivity index (χ1) is 38.5. The number of hydrogen-bond donors (Lipinski definition) is 0. The summed E-state index contributed by atoms with van der Waals surface area (Å²) in [6.45, 7) is 4.19. The quantitative estimate of drug-likeness (QED) is 0.162. The number of furan rings is 2. The van der Waals surface area contributed by atoms with Gasteiger partial charge < -0.3 is 8.83 Å². The van der Waals surface area contributed by atoms with E-state index in [2.05, 4.69) is 126 Å². The van der Waals surface area contributed by atoms with Crippen molar-refractivity contribution < 1.29 is 8.83 Å². The lowest BCUT2D eigenvalue weighted by atomic mass is 10.1. The van der Waals surface area contributed by atoms with Crippen molar-refractivity contribution in [2.24, 2.45) is 0 Å². The normalized spacial score (nSPS) is 11.7. The summed E-state index contributed by atoms with van der Waals surface area (Å²) in [5, 5.41) is 8.99. The molecule has 10 nitrogen and oxygen atoms in total. The van der Waals surface area contributed by atoms with Gasteiger partial charge in [0.05, 0.1) is 22.1 Å². The lowest BCUT2D eigenvalue weighted by Crippen LogP contribution is -2.06. The molecule has 368 valence electrons. The van der Waals surface area contributed by atoms with E-state index in [1.54, 1.807) is 0 Å². The summed E-state index contributed by atoms with van der Waals surface area (Å²) in [6.07, 6.45) is 0. The van der Waals surface area contributed by atoms with Gasteiger partial charge in [-0.25, -0.2) is 9.97 Å². The van der Waals surface area contributed by atoms with Gasteiger partial charge in [0, 0.05) is 77.5 Å². The Balaban J connectivity index is 0.000000136. The van der Waals surface area contributed by atoms with Gasteiger partial charge in [0.15, 0.2) is 23.3 Å². The van der Waals surface area contributed by atoms with Crippen LogP contribution in [0.4, 0.5) is 0 Å². The largest absolute Gasteiger partial charge is 0.456 e. The van der Waals surface area contributed by atoms with Crippen molar-refractivity contribution in [1.29, 1.82) is 0 Å². The van der Waals surface area contributed by atoms with Crippen LogP contribution in [0, 0.1) is 13.8 Å². The summed E-state index contributed by atoms with van der Waals surface area (Å²) in [7, 11) is 0. The molecule has 0 amide bonds. The van der Waals surface area contributed by atoms with Crippen LogP contribution in [0.5, 0.6) is 0 Å². The maximum absolute atomic E-state index is 6.35. The number of benzene rings is 10. The molecule has 0 aliphatic rings. The summed E-state index contributed by atoms with van der Waals surface area (Å²) in [4.78, 5) is 29.8. The number of rotatable bonds is 6. The Labute approximate surface area is 446 Å². The molecule has 78 heavy (non-hydrogen) atoms. The predicted octanol–water partition coefficient (Wildman–Crippen LogP) is 17.0. The predicted molar refractivity (Wildman–Crippen MR) is 314 cm³/mol. The SMILES string of the molecule is Cc1ccc2c(c1)oc1cc3c(cc12)c1ccccc1n3-c1nc(-c2ccccc2)nc(-c2ccccc2)n1.Cc1ccc2oc3cc4c(cc3c2c1)c1ccccc1n4-c1nc(-c2ccccc2)nc(-c2ccccc2)n1. The van der Waals surface area contributed by atoms with Crippen molar-refractivity contribution >= 4 is 87.5 Å². The number of fused-ring (bicyclic) bond motifs is 12. The van der Waals surface area contributed by atoms with Gasteiger partial charge in [-0.3, -0.25) is 9.13 Å². The van der Waals surface area contributed by atoms with E-state index < -0.39 is 0 Å². The molecule has 0 atom stereocenters. The lowest BCUT2D eigenvalue weighted by molar-refractivity contribution is 0.668. The lowest BCUT2D eigenvalue weighted by Gasteiger charge is -2.10. The van der Waals surface area contributed by atoms with E-state index in [1.165, 1.54) is 11.1 Å². The summed E-state index contributed by atoms with van der Waals surface area (Å²) in [6, 6.07) is 78.4. The molecule has 10 aromatic carbocycles. The fourth-order valence-corrected chi connectivity index (χ4v) is 10.9. The van der Waals surface area contributed by atoms with Crippen molar-refractivity contribution in [3.8, 4) is 57.4 Å². The minimum Gasteiger partial charge on any atom is -0.456 e. The molecule has 0 radical (unpaired) electrons. The fraction of sp³-hybridized carbons (Fsp3) is 0.0294. The highest BCUT2D eigenvalue weighted by molar-refractivity contribution is 6.18. The van der Waals surface area contributed by atoms with Crippen molar-refractivity contribution in [3.05, 3.63) is 242 Å². The Morgan fingerprint density at radius 3 is 1.08 bits per heavy atom. The summed E-state index contributed by atoms with van der Waals surface area (Å²) in [5.41, 5.74) is 13.6. The van der Waals surface area contributed by atoms with Crippen molar-refractivity contribution in [1.82, 2.24) is 39.0 Å². The van der Waals surface area contributed by atoms with Crippen LogP contribution in [0.1, 0.15) is 11.1 Å². The van der Waals surface area contributed by atoms with Gasteiger partial charge in [-0.2, -0.15) is 19.9 Å². The summed E-state index contributed by atoms with van der Waals surface area (Å²) < 4.78 is 16.9. The van der Waals surface area contributed by atoms with Crippen LogP contribution in [-0.4, -0.2) is 39.0 Å². The Morgan fingerprint density at radius 2 is 0.615 bits per heavy atom. The van der Waals surface area contributed by atoms with Gasteiger partial charge >= 0.3 is 0 Å². The minimum atomic E-state index is 0.570. The molecular weight excluding hydrogens is 961 g/mol. The molecule has 0 aliphatic heterocycles. The summed E-state index contributed by atoms with van der Waals surface area (Å²) >= 11 is 0. The molecule has 0 N–H and O–H groups in total. The molecule has 0 spiro atoms. The van der Waals surface area contributed by atoms with E-state index in [0.29, 0.717) is 35.2 Å². The van der Waals surface area contributed by atoms with Gasteiger partial charge in [0.1, 0.15) is 22.3 Å². The standard InChI is InChI=1S/2C34H22N4O/c1-21-16-17-30-26(18-21)27-19-25-24-14-8-9-15-28(24)38(29(25)20-31(27)39-30)34-36-32(22-10-4-2-5-11-22)35-33(37-34)23-12-6-3-7-13-23;1-21-16-17-25-27-19-26-24-14-8-9-15-28(24)38(29(26)20-31(27)39-30(25)18-21)34-36-32(22-10-4-2-5-11-22)35-33(37-34)23-12-6-3-7-13-23/h2*2-20H,1H3. The first-order valence-electron chi connectivity index (χ1n) is 25.9. The Bertz CT molecular complexity index is 4730. The van der Waals surface area contributed by atoms with E-state index in [-0.39, 0.29) is 0 Å². The van der Waals surface area contributed by atoms with Gasteiger partial charge in [-0.15, -0.1) is 0 Å². The second-order valence-electron chi connectivity index (χ2n) is 19.7. The smallest absolute Gasteiger partial charge is 0.238 e. The third-order valence-corrected chi connectivity index (χ3v) is 14.6. The first kappa shape index (κ1) is 44.9. The zero-order chi connectivity index (χ0) is 51.8. The molecule has 10 heteroatoms. The van der Waals surface area contributed by atoms with Crippen molar-refractivity contribution in [2.75, 3.05) is 0 Å². The van der Waals surface area contributed by atoms with Crippen LogP contribution in [-0.2, 0) is 0 Å². The molecule has 0 bridgehead atoms. The van der Waals surface area contributed by atoms with Crippen LogP contribution in [0.3, 0.4) is 0 Å². The van der Waals surface area contributed by atoms with Crippen molar-refractivity contribution in [2.45, 2.75) is 13.8 Å². The molecule has 16 rings (SSSR count). The van der Waals surface area contributed by atoms with Gasteiger partial charge in [-0.1, -0.05) is 181 Å². The maximum Gasteiger partial charge on any atom is 0.238 e. The van der Waals surface area contributed by atoms with E-state index in [0.717, 1.165) is 110 Å². The molecular formula is C68H44N8O2. The number of aromatic nitrogens is 8. The van der Waals surface area contributed by atoms with E-state index in [1.807, 2.05) is 127 Å². The molecule has 6 aromatic heterocycles. The molecule has 0 saturated heterocycles. The average Bonchev–Trinajstić information content (AvgIpc) is 4.41. The zero-order valence-corrected chi connectivity index (χ0v) is 42.3. The average molecular weight is 1010 g/mol. The zero-order valence-electron chi connectivity index (χ0n) is 42.3.